The van der Waals surface area contributed by atoms with Crippen LogP contribution in [-0.4, -0.2) is 9.67 Å². The summed E-state index contributed by atoms with van der Waals surface area (Å²) in [5.41, 5.74) is 2.34. The van der Waals surface area contributed by atoms with Crippen LogP contribution < -0.4 is 0 Å². The zero-order valence-corrected chi connectivity index (χ0v) is 9.80. The Morgan fingerprint density at radius 2 is 2.14 bits per heavy atom. The van der Waals surface area contributed by atoms with Gasteiger partial charge in [0.25, 0.3) is 0 Å². The summed E-state index contributed by atoms with van der Waals surface area (Å²) < 4.78 is 3.28. The monoisotopic (exact) mass is 253 g/mol. The number of rotatable bonds is 1. The Kier molecular flexibility index (Phi) is 2.27. The number of halogens is 1. The second-order valence-electron chi connectivity index (χ2n) is 3.36. The zero-order valence-electron chi connectivity index (χ0n) is 8.21. The van der Waals surface area contributed by atoms with E-state index < -0.39 is 0 Å². The fraction of sp³-hybridized carbons (Fsp3) is 0.273. The number of hydrogen-bond acceptors (Lipinski definition) is 1. The van der Waals surface area contributed by atoms with Gasteiger partial charge < -0.3 is 9.67 Å². The molecule has 0 saturated heterocycles. The number of benzene rings is 1. The van der Waals surface area contributed by atoms with E-state index in [1.165, 1.54) is 5.56 Å². The molecule has 2 aromatic rings. The minimum atomic E-state index is 0.321. The van der Waals surface area contributed by atoms with Crippen molar-refractivity contribution >= 4 is 26.8 Å². The topological polar surface area (TPSA) is 25.2 Å². The zero-order chi connectivity index (χ0) is 10.3. The SMILES string of the molecule is CCn1c(Br)c(C)c2cc(O)ccc21. The number of fused-ring (bicyclic) bond motifs is 1. The molecule has 2 rings (SSSR count). The number of aryl methyl sites for hydroxylation is 2. The lowest BCUT2D eigenvalue weighted by Crippen LogP contribution is -1.92. The maximum atomic E-state index is 9.40. The van der Waals surface area contributed by atoms with E-state index >= 15 is 0 Å². The van der Waals surface area contributed by atoms with Crippen molar-refractivity contribution < 1.29 is 5.11 Å². The molecule has 1 N–H and O–H groups in total. The first-order valence-electron chi connectivity index (χ1n) is 4.62. The molecule has 0 aliphatic rings. The summed E-state index contributed by atoms with van der Waals surface area (Å²) in [7, 11) is 0. The minimum Gasteiger partial charge on any atom is -0.508 e. The van der Waals surface area contributed by atoms with Crippen LogP contribution in [0.2, 0.25) is 0 Å². The molecule has 3 heteroatoms. The van der Waals surface area contributed by atoms with Crippen molar-refractivity contribution in [1.82, 2.24) is 4.57 Å². The van der Waals surface area contributed by atoms with Crippen molar-refractivity contribution in [3.05, 3.63) is 28.4 Å². The lowest BCUT2D eigenvalue weighted by molar-refractivity contribution is 0.476. The molecule has 0 radical (unpaired) electrons. The number of phenols is 1. The largest absolute Gasteiger partial charge is 0.508 e. The van der Waals surface area contributed by atoms with E-state index in [0.717, 1.165) is 22.1 Å². The Morgan fingerprint density at radius 3 is 2.79 bits per heavy atom. The van der Waals surface area contributed by atoms with Crippen molar-refractivity contribution in [3.63, 3.8) is 0 Å². The highest BCUT2D eigenvalue weighted by Gasteiger charge is 2.10. The second-order valence-corrected chi connectivity index (χ2v) is 4.11. The van der Waals surface area contributed by atoms with Gasteiger partial charge in [0.1, 0.15) is 5.75 Å². The Bertz CT molecular complexity index is 487. The molecular formula is C11H12BrNO. The van der Waals surface area contributed by atoms with Gasteiger partial charge in [-0.05, 0) is 53.5 Å². The van der Waals surface area contributed by atoms with Crippen molar-refractivity contribution in [1.29, 1.82) is 0 Å². The lowest BCUT2D eigenvalue weighted by Gasteiger charge is -2.02. The van der Waals surface area contributed by atoms with E-state index in [2.05, 4.69) is 34.3 Å². The maximum absolute atomic E-state index is 9.40. The van der Waals surface area contributed by atoms with E-state index in [1.807, 2.05) is 12.1 Å². The average Bonchev–Trinajstić information content (AvgIpc) is 2.41. The Hall–Kier alpha value is -0.960. The average molecular weight is 254 g/mol. The van der Waals surface area contributed by atoms with Crippen LogP contribution >= 0.6 is 15.9 Å². The molecule has 0 fully saturated rings. The minimum absolute atomic E-state index is 0.321. The van der Waals surface area contributed by atoms with Gasteiger partial charge in [-0.25, -0.2) is 0 Å². The van der Waals surface area contributed by atoms with Crippen LogP contribution in [0.5, 0.6) is 5.75 Å². The van der Waals surface area contributed by atoms with Crippen LogP contribution in [0.25, 0.3) is 10.9 Å². The van der Waals surface area contributed by atoms with Crippen LogP contribution in [-0.2, 0) is 6.54 Å². The van der Waals surface area contributed by atoms with Gasteiger partial charge in [0.05, 0.1) is 4.60 Å². The van der Waals surface area contributed by atoms with Gasteiger partial charge in [-0.2, -0.15) is 0 Å². The third-order valence-corrected chi connectivity index (χ3v) is 3.56. The number of phenolic OH excluding ortho intramolecular Hbond substituents is 1. The van der Waals surface area contributed by atoms with Crippen LogP contribution in [0, 0.1) is 6.92 Å². The quantitative estimate of drug-likeness (QED) is 0.828. The van der Waals surface area contributed by atoms with E-state index in [1.54, 1.807) is 6.07 Å². The summed E-state index contributed by atoms with van der Waals surface area (Å²) >= 11 is 3.56. The fourth-order valence-electron chi connectivity index (χ4n) is 1.79. The molecule has 14 heavy (non-hydrogen) atoms. The summed E-state index contributed by atoms with van der Waals surface area (Å²) in [5, 5.41) is 10.5. The highest BCUT2D eigenvalue weighted by Crippen LogP contribution is 2.31. The number of nitrogens with zero attached hydrogens (tertiary/aromatic N) is 1. The highest BCUT2D eigenvalue weighted by atomic mass is 79.9. The standard InChI is InChI=1S/C11H12BrNO/c1-3-13-10-5-4-8(14)6-9(10)7(2)11(13)12/h4-6,14H,3H2,1-2H3. The molecule has 0 bridgehead atoms. The lowest BCUT2D eigenvalue weighted by atomic mass is 10.2. The first-order valence-corrected chi connectivity index (χ1v) is 5.41. The summed E-state index contributed by atoms with van der Waals surface area (Å²) in [4.78, 5) is 0. The Labute approximate surface area is 91.3 Å². The second kappa shape index (κ2) is 3.31. The van der Waals surface area contributed by atoms with E-state index in [4.69, 9.17) is 0 Å². The molecule has 0 atom stereocenters. The fourth-order valence-corrected chi connectivity index (χ4v) is 2.44. The molecule has 0 aliphatic heterocycles. The van der Waals surface area contributed by atoms with Gasteiger partial charge in [0, 0.05) is 17.4 Å². The van der Waals surface area contributed by atoms with Gasteiger partial charge in [-0.3, -0.25) is 0 Å². The first-order chi connectivity index (χ1) is 6.65. The molecule has 0 saturated carbocycles. The Balaban J connectivity index is 2.88. The van der Waals surface area contributed by atoms with E-state index in [0.29, 0.717) is 5.75 Å². The van der Waals surface area contributed by atoms with Gasteiger partial charge in [-0.15, -0.1) is 0 Å². The third-order valence-electron chi connectivity index (χ3n) is 2.54. The molecule has 0 aliphatic carbocycles. The molecule has 1 heterocycles. The van der Waals surface area contributed by atoms with Gasteiger partial charge in [0.2, 0.25) is 0 Å². The molecule has 0 unspecified atom stereocenters. The summed E-state index contributed by atoms with van der Waals surface area (Å²) in [6.07, 6.45) is 0. The van der Waals surface area contributed by atoms with Crippen molar-refractivity contribution in [3.8, 4) is 5.75 Å². The summed E-state index contributed by atoms with van der Waals surface area (Å²) in [6, 6.07) is 5.48. The number of aromatic nitrogens is 1. The van der Waals surface area contributed by atoms with Crippen LogP contribution in [0.1, 0.15) is 12.5 Å². The molecule has 0 spiro atoms. The van der Waals surface area contributed by atoms with Crippen LogP contribution in [0.4, 0.5) is 0 Å². The normalized spacial score (nSPS) is 11.1. The van der Waals surface area contributed by atoms with E-state index in [-0.39, 0.29) is 0 Å². The first kappa shape index (κ1) is 9.59. The van der Waals surface area contributed by atoms with E-state index in [9.17, 15) is 5.11 Å². The summed E-state index contributed by atoms with van der Waals surface area (Å²) in [5.74, 6) is 0.321. The molecule has 1 aromatic carbocycles. The van der Waals surface area contributed by atoms with Crippen molar-refractivity contribution in [2.75, 3.05) is 0 Å². The molecule has 1 aromatic heterocycles. The highest BCUT2D eigenvalue weighted by molar-refractivity contribution is 9.10. The van der Waals surface area contributed by atoms with Crippen molar-refractivity contribution in [2.45, 2.75) is 20.4 Å². The third kappa shape index (κ3) is 1.23. The van der Waals surface area contributed by atoms with Gasteiger partial charge >= 0.3 is 0 Å². The van der Waals surface area contributed by atoms with Crippen molar-refractivity contribution in [2.24, 2.45) is 0 Å². The maximum Gasteiger partial charge on any atom is 0.116 e. The summed E-state index contributed by atoms with van der Waals surface area (Å²) in [6.45, 7) is 5.09. The molecule has 0 amide bonds. The molecular weight excluding hydrogens is 242 g/mol. The van der Waals surface area contributed by atoms with Crippen LogP contribution in [0.3, 0.4) is 0 Å². The van der Waals surface area contributed by atoms with Crippen LogP contribution in [0.15, 0.2) is 22.8 Å². The Morgan fingerprint density at radius 1 is 1.43 bits per heavy atom. The predicted molar refractivity (Wildman–Crippen MR) is 61.7 cm³/mol. The molecule has 2 nitrogen and oxygen atoms in total. The smallest absolute Gasteiger partial charge is 0.116 e. The van der Waals surface area contributed by atoms with Gasteiger partial charge in [0.15, 0.2) is 0 Å². The number of hydrogen-bond donors (Lipinski definition) is 1. The van der Waals surface area contributed by atoms with Gasteiger partial charge in [-0.1, -0.05) is 0 Å². The molecule has 74 valence electrons. The predicted octanol–water partition coefficient (Wildman–Crippen LogP) is 3.44. The number of aromatic hydroxyl groups is 1.